The predicted octanol–water partition coefficient (Wildman–Crippen LogP) is -0.00120. The summed E-state index contributed by atoms with van der Waals surface area (Å²) in [6.07, 6.45) is 4.80. The number of nitrogens with two attached hydrogens (primary N) is 1. The minimum Gasteiger partial charge on any atom is -0.352 e. The Balaban J connectivity index is 1.78. The fourth-order valence-corrected chi connectivity index (χ4v) is 4.81. The lowest BCUT2D eigenvalue weighted by molar-refractivity contribution is 0.309. The zero-order valence-corrected chi connectivity index (χ0v) is 12.6. The van der Waals surface area contributed by atoms with Crippen LogP contribution in [0.5, 0.6) is 0 Å². The quantitative estimate of drug-likeness (QED) is 0.820. The van der Waals surface area contributed by atoms with Crippen LogP contribution < -0.4 is 10.5 Å². The Bertz CT molecular complexity index is 596. The zero-order chi connectivity index (χ0) is 14.3. The maximum Gasteiger partial charge on any atom is 0.242 e. The van der Waals surface area contributed by atoms with Gasteiger partial charge in [0, 0.05) is 44.1 Å². The van der Waals surface area contributed by atoms with Gasteiger partial charge in [-0.15, -0.1) is 0 Å². The number of sulfonamides is 1. The maximum atomic E-state index is 12.5. The number of aromatic nitrogens is 1. The number of hydrogen-bond donors (Lipinski definition) is 2. The Morgan fingerprint density at radius 1 is 1.40 bits per heavy atom. The lowest BCUT2D eigenvalue weighted by atomic mass is 10.1. The molecule has 3 heterocycles. The van der Waals surface area contributed by atoms with Crippen LogP contribution in [0.25, 0.3) is 0 Å². The molecule has 2 aliphatic rings. The van der Waals surface area contributed by atoms with E-state index < -0.39 is 10.0 Å². The van der Waals surface area contributed by atoms with Crippen molar-refractivity contribution in [3.63, 3.8) is 0 Å². The van der Waals surface area contributed by atoms with Crippen molar-refractivity contribution in [1.29, 1.82) is 0 Å². The SMILES string of the molecule is Cn1cc(S(=O)(=O)NC2CCN3CCCC23)cc1CN. The van der Waals surface area contributed by atoms with Crippen LogP contribution in [-0.2, 0) is 23.6 Å². The van der Waals surface area contributed by atoms with Crippen molar-refractivity contribution >= 4 is 10.0 Å². The van der Waals surface area contributed by atoms with Crippen LogP contribution in [-0.4, -0.2) is 43.1 Å². The van der Waals surface area contributed by atoms with Gasteiger partial charge in [0.05, 0.1) is 4.90 Å². The Hall–Kier alpha value is -0.890. The molecule has 6 nitrogen and oxygen atoms in total. The van der Waals surface area contributed by atoms with Crippen LogP contribution in [0, 0.1) is 0 Å². The van der Waals surface area contributed by atoms with E-state index >= 15 is 0 Å². The zero-order valence-electron chi connectivity index (χ0n) is 11.7. The average molecular weight is 298 g/mol. The molecule has 3 rings (SSSR count). The van der Waals surface area contributed by atoms with Crippen molar-refractivity contribution in [3.05, 3.63) is 18.0 Å². The first kappa shape index (κ1) is 14.1. The van der Waals surface area contributed by atoms with Crippen molar-refractivity contribution in [2.75, 3.05) is 13.1 Å². The summed E-state index contributed by atoms with van der Waals surface area (Å²) in [6.45, 7) is 2.44. The van der Waals surface area contributed by atoms with Crippen LogP contribution in [0.15, 0.2) is 17.2 Å². The van der Waals surface area contributed by atoms with Gasteiger partial charge in [-0.05, 0) is 31.9 Å². The third kappa shape index (κ3) is 2.39. The summed E-state index contributed by atoms with van der Waals surface area (Å²) in [7, 11) is -1.63. The number of rotatable bonds is 4. The van der Waals surface area contributed by atoms with Crippen molar-refractivity contribution < 1.29 is 8.42 Å². The monoisotopic (exact) mass is 298 g/mol. The fourth-order valence-electron chi connectivity index (χ4n) is 3.41. The molecule has 2 aliphatic heterocycles. The van der Waals surface area contributed by atoms with E-state index in [0.717, 1.165) is 31.6 Å². The second-order valence-electron chi connectivity index (χ2n) is 5.74. The summed E-state index contributed by atoms with van der Waals surface area (Å²) < 4.78 is 29.6. The van der Waals surface area contributed by atoms with E-state index in [1.165, 1.54) is 6.42 Å². The third-order valence-corrected chi connectivity index (χ3v) is 5.97. The highest BCUT2D eigenvalue weighted by Crippen LogP contribution is 2.29. The molecule has 0 aromatic carbocycles. The first-order chi connectivity index (χ1) is 9.51. The summed E-state index contributed by atoms with van der Waals surface area (Å²) in [5.41, 5.74) is 6.42. The molecule has 20 heavy (non-hydrogen) atoms. The Kier molecular flexibility index (Phi) is 3.62. The highest BCUT2D eigenvalue weighted by molar-refractivity contribution is 7.89. The molecule has 0 aliphatic carbocycles. The summed E-state index contributed by atoms with van der Waals surface area (Å²) in [4.78, 5) is 2.71. The van der Waals surface area contributed by atoms with Gasteiger partial charge in [0.25, 0.3) is 0 Å². The van der Waals surface area contributed by atoms with Crippen molar-refractivity contribution in [2.45, 2.75) is 42.8 Å². The van der Waals surface area contributed by atoms with Crippen molar-refractivity contribution in [3.8, 4) is 0 Å². The van der Waals surface area contributed by atoms with E-state index in [1.807, 2.05) is 7.05 Å². The van der Waals surface area contributed by atoms with Gasteiger partial charge in [0.1, 0.15) is 0 Å². The standard InChI is InChI=1S/C13H22N4O2S/c1-16-9-11(7-10(16)8-14)20(18,19)15-12-4-6-17-5-2-3-13(12)17/h7,9,12-13,15H,2-6,8,14H2,1H3. The maximum absolute atomic E-state index is 12.5. The molecule has 0 bridgehead atoms. The largest absolute Gasteiger partial charge is 0.352 e. The van der Waals surface area contributed by atoms with E-state index in [1.54, 1.807) is 16.8 Å². The molecule has 0 radical (unpaired) electrons. The molecule has 1 aromatic rings. The second kappa shape index (κ2) is 5.14. The van der Waals surface area contributed by atoms with E-state index in [4.69, 9.17) is 5.73 Å². The Labute approximate surface area is 120 Å². The van der Waals surface area contributed by atoms with Crippen LogP contribution in [0.3, 0.4) is 0 Å². The molecular formula is C13H22N4O2S. The number of fused-ring (bicyclic) bond motifs is 1. The topological polar surface area (TPSA) is 80.4 Å². The molecule has 0 spiro atoms. The fraction of sp³-hybridized carbons (Fsp3) is 0.692. The van der Waals surface area contributed by atoms with Gasteiger partial charge in [0.15, 0.2) is 0 Å². The summed E-state index contributed by atoms with van der Waals surface area (Å²) in [6, 6.07) is 2.08. The highest BCUT2D eigenvalue weighted by Gasteiger charge is 2.39. The smallest absolute Gasteiger partial charge is 0.242 e. The molecule has 112 valence electrons. The molecule has 7 heteroatoms. The number of nitrogens with zero attached hydrogens (tertiary/aromatic N) is 2. The number of aryl methyl sites for hydroxylation is 1. The molecule has 2 atom stereocenters. The summed E-state index contributed by atoms with van der Waals surface area (Å²) in [5.74, 6) is 0. The lowest BCUT2D eigenvalue weighted by Crippen LogP contribution is -2.42. The van der Waals surface area contributed by atoms with Gasteiger partial charge in [-0.2, -0.15) is 0 Å². The van der Waals surface area contributed by atoms with Gasteiger partial charge in [-0.25, -0.2) is 13.1 Å². The van der Waals surface area contributed by atoms with Crippen LogP contribution in [0.1, 0.15) is 25.0 Å². The normalized spacial score (nSPS) is 27.1. The van der Waals surface area contributed by atoms with Gasteiger partial charge in [0.2, 0.25) is 10.0 Å². The summed E-state index contributed by atoms with van der Waals surface area (Å²) in [5, 5.41) is 0. The summed E-state index contributed by atoms with van der Waals surface area (Å²) >= 11 is 0. The van der Waals surface area contributed by atoms with E-state index in [-0.39, 0.29) is 6.04 Å². The molecule has 2 unspecified atom stereocenters. The minimum atomic E-state index is -3.45. The molecule has 1 aromatic heterocycles. The Morgan fingerprint density at radius 2 is 2.20 bits per heavy atom. The average Bonchev–Trinajstić information content (AvgIpc) is 3.06. The number of hydrogen-bond acceptors (Lipinski definition) is 4. The Morgan fingerprint density at radius 3 is 2.90 bits per heavy atom. The van der Waals surface area contributed by atoms with Gasteiger partial charge in [-0.3, -0.25) is 4.90 Å². The van der Waals surface area contributed by atoms with Crippen LogP contribution >= 0.6 is 0 Å². The lowest BCUT2D eigenvalue weighted by Gasteiger charge is -2.20. The molecule has 0 amide bonds. The molecule has 0 saturated carbocycles. The molecular weight excluding hydrogens is 276 g/mol. The van der Waals surface area contributed by atoms with Gasteiger partial charge in [-0.1, -0.05) is 0 Å². The predicted molar refractivity (Wildman–Crippen MR) is 76.6 cm³/mol. The highest BCUT2D eigenvalue weighted by atomic mass is 32.2. The van der Waals surface area contributed by atoms with Gasteiger partial charge < -0.3 is 10.3 Å². The molecule has 3 N–H and O–H groups in total. The minimum absolute atomic E-state index is 0.0454. The second-order valence-corrected chi connectivity index (χ2v) is 7.46. The third-order valence-electron chi connectivity index (χ3n) is 4.51. The van der Waals surface area contributed by atoms with Crippen molar-refractivity contribution in [1.82, 2.24) is 14.2 Å². The first-order valence-corrected chi connectivity index (χ1v) is 8.61. The van der Waals surface area contributed by atoms with E-state index in [0.29, 0.717) is 17.5 Å². The van der Waals surface area contributed by atoms with E-state index in [9.17, 15) is 8.42 Å². The molecule has 2 fully saturated rings. The van der Waals surface area contributed by atoms with Crippen LogP contribution in [0.4, 0.5) is 0 Å². The van der Waals surface area contributed by atoms with E-state index in [2.05, 4.69) is 9.62 Å². The van der Waals surface area contributed by atoms with Crippen molar-refractivity contribution in [2.24, 2.45) is 12.8 Å². The van der Waals surface area contributed by atoms with Crippen LogP contribution in [0.2, 0.25) is 0 Å². The number of nitrogens with one attached hydrogen (secondary N) is 1. The first-order valence-electron chi connectivity index (χ1n) is 7.13. The van der Waals surface area contributed by atoms with Gasteiger partial charge >= 0.3 is 0 Å². The molecule has 2 saturated heterocycles.